The van der Waals surface area contributed by atoms with Gasteiger partial charge in [-0.25, -0.2) is 14.6 Å². The van der Waals surface area contributed by atoms with E-state index in [1.165, 1.54) is 7.11 Å². The zero-order valence-corrected chi connectivity index (χ0v) is 14.8. The first-order valence-corrected chi connectivity index (χ1v) is 8.75. The molecule has 0 atom stereocenters. The predicted octanol–water partition coefficient (Wildman–Crippen LogP) is 2.60. The molecule has 2 heterocycles. The number of rotatable bonds is 6. The van der Waals surface area contributed by atoms with Crippen molar-refractivity contribution in [3.05, 3.63) is 38.7 Å². The molecule has 0 aliphatic carbocycles. The number of thiazole rings is 1. The standard InChI is InChI=1S/C16H19N5O3S/c1-3-4-14-18-9(8-25-14)7-17-15(22)21-12-5-10-11(6-13(12)24-2)20-16(23)19-10/h5-6,8H,3-4,7H2,1-2H3,(H2,17,21,22)(H2,19,20,23). The van der Waals surface area contributed by atoms with Gasteiger partial charge in [-0.1, -0.05) is 6.92 Å². The first kappa shape index (κ1) is 17.0. The van der Waals surface area contributed by atoms with Gasteiger partial charge in [0, 0.05) is 11.4 Å². The summed E-state index contributed by atoms with van der Waals surface area (Å²) in [4.78, 5) is 33.3. The number of ether oxygens (including phenoxy) is 1. The zero-order chi connectivity index (χ0) is 17.8. The normalized spacial score (nSPS) is 10.8. The molecule has 8 nitrogen and oxygen atoms in total. The summed E-state index contributed by atoms with van der Waals surface area (Å²) >= 11 is 1.60. The van der Waals surface area contributed by atoms with Crippen LogP contribution in [-0.2, 0) is 13.0 Å². The van der Waals surface area contributed by atoms with Crippen molar-refractivity contribution in [1.29, 1.82) is 0 Å². The van der Waals surface area contributed by atoms with Crippen LogP contribution in [0, 0.1) is 0 Å². The van der Waals surface area contributed by atoms with Crippen LogP contribution in [0.5, 0.6) is 5.75 Å². The molecule has 0 unspecified atom stereocenters. The summed E-state index contributed by atoms with van der Waals surface area (Å²) < 4.78 is 5.27. The number of fused-ring (bicyclic) bond motifs is 1. The number of hydrogen-bond acceptors (Lipinski definition) is 5. The van der Waals surface area contributed by atoms with E-state index in [0.717, 1.165) is 23.5 Å². The van der Waals surface area contributed by atoms with Crippen LogP contribution in [0.25, 0.3) is 11.0 Å². The van der Waals surface area contributed by atoms with Gasteiger partial charge in [-0.05, 0) is 18.9 Å². The van der Waals surface area contributed by atoms with E-state index in [1.807, 2.05) is 5.38 Å². The summed E-state index contributed by atoms with van der Waals surface area (Å²) in [6.07, 6.45) is 1.99. The van der Waals surface area contributed by atoms with E-state index in [2.05, 4.69) is 32.5 Å². The topological polar surface area (TPSA) is 112 Å². The molecular weight excluding hydrogens is 342 g/mol. The lowest BCUT2D eigenvalue weighted by molar-refractivity contribution is 0.251. The highest BCUT2D eigenvalue weighted by molar-refractivity contribution is 7.09. The Morgan fingerprint density at radius 3 is 2.80 bits per heavy atom. The van der Waals surface area contributed by atoms with E-state index in [9.17, 15) is 9.59 Å². The number of nitrogens with one attached hydrogen (secondary N) is 4. The SMILES string of the molecule is CCCc1nc(CNC(=O)Nc2cc3[nH]c(=O)[nH]c3cc2OC)cs1. The number of aryl methyl sites for hydroxylation is 1. The number of benzene rings is 1. The van der Waals surface area contributed by atoms with Crippen molar-refractivity contribution in [1.82, 2.24) is 20.3 Å². The lowest BCUT2D eigenvalue weighted by Crippen LogP contribution is -2.28. The quantitative estimate of drug-likeness (QED) is 0.540. The number of amides is 2. The number of H-pyrrole nitrogens is 2. The molecule has 0 fully saturated rings. The number of nitrogens with zero attached hydrogens (tertiary/aromatic N) is 1. The van der Waals surface area contributed by atoms with Gasteiger partial charge < -0.3 is 25.3 Å². The van der Waals surface area contributed by atoms with Crippen molar-refractivity contribution in [3.63, 3.8) is 0 Å². The van der Waals surface area contributed by atoms with E-state index >= 15 is 0 Å². The van der Waals surface area contributed by atoms with Gasteiger partial charge in [-0.15, -0.1) is 11.3 Å². The first-order valence-electron chi connectivity index (χ1n) is 7.87. The number of anilines is 1. The van der Waals surface area contributed by atoms with Crippen molar-refractivity contribution < 1.29 is 9.53 Å². The van der Waals surface area contributed by atoms with Gasteiger partial charge >= 0.3 is 11.7 Å². The number of carbonyl (C=O) groups excluding carboxylic acids is 1. The third kappa shape index (κ3) is 4.00. The van der Waals surface area contributed by atoms with Gasteiger partial charge in [0.25, 0.3) is 0 Å². The molecule has 2 aromatic heterocycles. The maximum Gasteiger partial charge on any atom is 0.323 e. The smallest absolute Gasteiger partial charge is 0.323 e. The number of aromatic amines is 2. The van der Waals surface area contributed by atoms with Gasteiger partial charge in [0.1, 0.15) is 5.75 Å². The Kier molecular flexibility index (Phi) is 5.03. The average molecular weight is 361 g/mol. The number of hydrogen-bond donors (Lipinski definition) is 4. The van der Waals surface area contributed by atoms with E-state index in [4.69, 9.17) is 4.74 Å². The van der Waals surface area contributed by atoms with Gasteiger partial charge in [-0.3, -0.25) is 0 Å². The molecule has 2 amide bonds. The van der Waals surface area contributed by atoms with Crippen molar-refractivity contribution in [2.45, 2.75) is 26.3 Å². The molecule has 0 saturated carbocycles. The minimum atomic E-state index is -0.374. The summed E-state index contributed by atoms with van der Waals surface area (Å²) in [5, 5.41) is 8.52. The largest absolute Gasteiger partial charge is 0.494 e. The molecule has 25 heavy (non-hydrogen) atoms. The Labute approximate surface area is 147 Å². The Hall–Kier alpha value is -2.81. The van der Waals surface area contributed by atoms with Crippen molar-refractivity contribution in [2.24, 2.45) is 0 Å². The summed E-state index contributed by atoms with van der Waals surface area (Å²) in [6, 6.07) is 2.93. The van der Waals surface area contributed by atoms with Crippen LogP contribution in [0.15, 0.2) is 22.3 Å². The fourth-order valence-corrected chi connectivity index (χ4v) is 3.33. The molecule has 9 heteroatoms. The molecule has 132 valence electrons. The highest BCUT2D eigenvalue weighted by Gasteiger charge is 2.11. The number of imidazole rings is 1. The second-order valence-electron chi connectivity index (χ2n) is 5.47. The third-order valence-electron chi connectivity index (χ3n) is 3.58. The van der Waals surface area contributed by atoms with Crippen molar-refractivity contribution in [3.8, 4) is 5.75 Å². The van der Waals surface area contributed by atoms with Crippen LogP contribution >= 0.6 is 11.3 Å². The molecule has 0 aliphatic heterocycles. The molecule has 0 aliphatic rings. The van der Waals surface area contributed by atoms with Gasteiger partial charge in [0.05, 0.1) is 41.1 Å². The maximum atomic E-state index is 12.1. The molecule has 1 aromatic carbocycles. The van der Waals surface area contributed by atoms with Crippen molar-refractivity contribution in [2.75, 3.05) is 12.4 Å². The Morgan fingerprint density at radius 2 is 2.08 bits per heavy atom. The molecule has 3 rings (SSSR count). The van der Waals surface area contributed by atoms with Gasteiger partial charge in [-0.2, -0.15) is 0 Å². The number of urea groups is 1. The van der Waals surface area contributed by atoms with Crippen LogP contribution in [0.1, 0.15) is 24.0 Å². The van der Waals surface area contributed by atoms with Crippen LogP contribution in [-0.4, -0.2) is 28.1 Å². The van der Waals surface area contributed by atoms with Gasteiger partial charge in [0.2, 0.25) is 0 Å². The summed E-state index contributed by atoms with van der Waals surface area (Å²) in [6.45, 7) is 2.45. The van der Waals surface area contributed by atoms with Crippen molar-refractivity contribution >= 4 is 34.1 Å². The average Bonchev–Trinajstić information content (AvgIpc) is 3.17. The van der Waals surface area contributed by atoms with Crippen LogP contribution in [0.4, 0.5) is 10.5 Å². The molecular formula is C16H19N5O3S. The monoisotopic (exact) mass is 361 g/mol. The fraction of sp³-hybridized carbons (Fsp3) is 0.312. The van der Waals surface area contributed by atoms with Gasteiger partial charge in [0.15, 0.2) is 0 Å². The van der Waals surface area contributed by atoms with E-state index in [0.29, 0.717) is 29.0 Å². The predicted molar refractivity (Wildman–Crippen MR) is 97.4 cm³/mol. The summed E-state index contributed by atoms with van der Waals surface area (Å²) in [7, 11) is 1.50. The lowest BCUT2D eigenvalue weighted by atomic mass is 10.2. The van der Waals surface area contributed by atoms with Crippen LogP contribution in [0.3, 0.4) is 0 Å². The second kappa shape index (κ2) is 7.39. The molecule has 0 spiro atoms. The maximum absolute atomic E-state index is 12.1. The molecule has 0 bridgehead atoms. The minimum absolute atomic E-state index is 0.315. The highest BCUT2D eigenvalue weighted by Crippen LogP contribution is 2.28. The second-order valence-corrected chi connectivity index (χ2v) is 6.41. The highest BCUT2D eigenvalue weighted by atomic mass is 32.1. The molecule has 4 N–H and O–H groups in total. The Morgan fingerprint density at radius 1 is 1.32 bits per heavy atom. The summed E-state index contributed by atoms with van der Waals surface area (Å²) in [5.74, 6) is 0.455. The number of methoxy groups -OCH3 is 1. The zero-order valence-electron chi connectivity index (χ0n) is 13.9. The third-order valence-corrected chi connectivity index (χ3v) is 4.53. The fourth-order valence-electron chi connectivity index (χ4n) is 2.43. The minimum Gasteiger partial charge on any atom is -0.494 e. The molecule has 0 saturated heterocycles. The Balaban J connectivity index is 1.67. The number of aromatic nitrogens is 3. The summed E-state index contributed by atoms with van der Waals surface area (Å²) in [5.41, 5.74) is 2.18. The lowest BCUT2D eigenvalue weighted by Gasteiger charge is -2.11. The molecule has 3 aromatic rings. The number of carbonyl (C=O) groups is 1. The Bertz CT molecular complexity index is 943. The van der Waals surface area contributed by atoms with E-state index in [-0.39, 0.29) is 11.7 Å². The van der Waals surface area contributed by atoms with Crippen LogP contribution in [0.2, 0.25) is 0 Å². The first-order chi connectivity index (χ1) is 12.1. The van der Waals surface area contributed by atoms with E-state index < -0.39 is 0 Å². The van der Waals surface area contributed by atoms with E-state index in [1.54, 1.807) is 23.5 Å². The molecule has 0 radical (unpaired) electrons. The van der Waals surface area contributed by atoms with Crippen LogP contribution < -0.4 is 21.1 Å².